The summed E-state index contributed by atoms with van der Waals surface area (Å²) < 4.78 is 4.78. The van der Waals surface area contributed by atoms with Crippen molar-refractivity contribution in [1.29, 1.82) is 0 Å². The Hall–Kier alpha value is -1.64. The Morgan fingerprint density at radius 3 is 2.62 bits per heavy atom. The molecule has 0 aliphatic carbocycles. The molecule has 0 aromatic heterocycles. The number of carbonyl (C=O) groups is 1. The van der Waals surface area contributed by atoms with E-state index < -0.39 is 0 Å². The molecular formula is C13H17NO2. The monoisotopic (exact) mass is 219 g/mol. The van der Waals surface area contributed by atoms with Gasteiger partial charge in [-0.2, -0.15) is 0 Å². The first-order valence-corrected chi connectivity index (χ1v) is 5.52. The van der Waals surface area contributed by atoms with Gasteiger partial charge in [0.1, 0.15) is 6.21 Å². The van der Waals surface area contributed by atoms with Crippen LogP contribution >= 0.6 is 0 Å². The van der Waals surface area contributed by atoms with Crippen LogP contribution in [0.2, 0.25) is 0 Å². The highest BCUT2D eigenvalue weighted by atomic mass is 16.5. The van der Waals surface area contributed by atoms with Gasteiger partial charge in [-0.15, -0.1) is 0 Å². The third kappa shape index (κ3) is 3.85. The van der Waals surface area contributed by atoms with Gasteiger partial charge in [-0.05, 0) is 18.9 Å². The number of esters is 1. The van der Waals surface area contributed by atoms with Gasteiger partial charge in [0.15, 0.2) is 0 Å². The second-order valence-electron chi connectivity index (χ2n) is 3.36. The Morgan fingerprint density at radius 1 is 1.38 bits per heavy atom. The van der Waals surface area contributed by atoms with Crippen LogP contribution in [0.5, 0.6) is 0 Å². The minimum absolute atomic E-state index is 0.0330. The Bertz CT molecular complexity index is 346. The van der Waals surface area contributed by atoms with E-state index in [1.54, 1.807) is 6.92 Å². The van der Waals surface area contributed by atoms with Crippen LogP contribution in [0.4, 0.5) is 0 Å². The zero-order valence-corrected chi connectivity index (χ0v) is 9.72. The van der Waals surface area contributed by atoms with Gasteiger partial charge in [-0.3, -0.25) is 4.99 Å². The second-order valence-corrected chi connectivity index (χ2v) is 3.36. The molecule has 0 spiro atoms. The molecule has 0 radical (unpaired) electrons. The van der Waals surface area contributed by atoms with Crippen molar-refractivity contribution in [2.75, 3.05) is 6.61 Å². The molecular weight excluding hydrogens is 202 g/mol. The molecule has 0 saturated carbocycles. The van der Waals surface area contributed by atoms with Crippen molar-refractivity contribution in [3.05, 3.63) is 35.9 Å². The maximum atomic E-state index is 11.1. The van der Waals surface area contributed by atoms with E-state index in [4.69, 9.17) is 4.74 Å². The highest BCUT2D eigenvalue weighted by Crippen LogP contribution is 2.19. The molecule has 1 aromatic rings. The normalized spacial score (nSPS) is 12.6. The fourth-order valence-corrected chi connectivity index (χ4v) is 1.43. The molecule has 0 aliphatic heterocycles. The van der Waals surface area contributed by atoms with E-state index in [1.807, 2.05) is 37.3 Å². The molecule has 0 aliphatic rings. The van der Waals surface area contributed by atoms with E-state index in [1.165, 1.54) is 6.21 Å². The van der Waals surface area contributed by atoms with Crippen LogP contribution in [-0.2, 0) is 9.53 Å². The van der Waals surface area contributed by atoms with E-state index in [9.17, 15) is 4.79 Å². The molecule has 1 atom stereocenters. The lowest BCUT2D eigenvalue weighted by Gasteiger charge is -2.09. The Kier molecular flexibility index (Phi) is 5.26. The fraction of sp³-hybridized carbons (Fsp3) is 0.385. The zero-order chi connectivity index (χ0) is 11.8. The SMILES string of the molecule is CCOC(=O)C=N[C@@H](CC)c1ccccc1. The standard InChI is InChI=1S/C13H17NO2/c1-3-12(11-8-6-5-7-9-11)14-10-13(15)16-4-2/h5-10,12H,3-4H2,1-2H3/t12-/m0/s1. The van der Waals surface area contributed by atoms with Crippen molar-refractivity contribution in [3.8, 4) is 0 Å². The quantitative estimate of drug-likeness (QED) is 0.564. The lowest BCUT2D eigenvalue weighted by molar-refractivity contribution is -0.134. The highest BCUT2D eigenvalue weighted by molar-refractivity contribution is 6.23. The van der Waals surface area contributed by atoms with Crippen LogP contribution in [-0.4, -0.2) is 18.8 Å². The van der Waals surface area contributed by atoms with E-state index in [0.29, 0.717) is 6.61 Å². The lowest BCUT2D eigenvalue weighted by Crippen LogP contribution is -2.06. The topological polar surface area (TPSA) is 38.7 Å². The van der Waals surface area contributed by atoms with E-state index in [-0.39, 0.29) is 12.0 Å². The van der Waals surface area contributed by atoms with Crippen LogP contribution in [0, 0.1) is 0 Å². The summed E-state index contributed by atoms with van der Waals surface area (Å²) in [6.07, 6.45) is 2.13. The number of aliphatic imine (C=N–C) groups is 1. The first kappa shape index (κ1) is 12.4. The Balaban J connectivity index is 2.66. The van der Waals surface area contributed by atoms with Crippen LogP contribution in [0.1, 0.15) is 31.9 Å². The number of ether oxygens (including phenoxy) is 1. The summed E-state index contributed by atoms with van der Waals surface area (Å²) in [4.78, 5) is 15.4. The average Bonchev–Trinajstić information content (AvgIpc) is 2.31. The first-order chi connectivity index (χ1) is 7.77. The number of nitrogens with zero attached hydrogens (tertiary/aromatic N) is 1. The smallest absolute Gasteiger partial charge is 0.348 e. The number of rotatable bonds is 5. The predicted molar refractivity (Wildman–Crippen MR) is 64.6 cm³/mol. The third-order valence-corrected chi connectivity index (χ3v) is 2.22. The van der Waals surface area contributed by atoms with Gasteiger partial charge >= 0.3 is 5.97 Å². The van der Waals surface area contributed by atoms with Crippen molar-refractivity contribution >= 4 is 12.2 Å². The van der Waals surface area contributed by atoms with Crippen LogP contribution in [0.3, 0.4) is 0 Å². The molecule has 16 heavy (non-hydrogen) atoms. The largest absolute Gasteiger partial charge is 0.462 e. The van der Waals surface area contributed by atoms with Crippen molar-refractivity contribution in [1.82, 2.24) is 0 Å². The van der Waals surface area contributed by atoms with Crippen LogP contribution in [0.25, 0.3) is 0 Å². The summed E-state index contributed by atoms with van der Waals surface area (Å²) in [7, 11) is 0. The molecule has 0 fully saturated rings. The molecule has 3 heteroatoms. The maximum absolute atomic E-state index is 11.1. The van der Waals surface area contributed by atoms with Crippen molar-refractivity contribution in [3.63, 3.8) is 0 Å². The minimum atomic E-state index is -0.378. The fourth-order valence-electron chi connectivity index (χ4n) is 1.43. The Labute approximate surface area is 96.2 Å². The van der Waals surface area contributed by atoms with Crippen molar-refractivity contribution in [2.45, 2.75) is 26.3 Å². The summed E-state index contributed by atoms with van der Waals surface area (Å²) in [5.74, 6) is -0.378. The Morgan fingerprint density at radius 2 is 2.06 bits per heavy atom. The van der Waals surface area contributed by atoms with E-state index in [2.05, 4.69) is 4.99 Å². The lowest BCUT2D eigenvalue weighted by atomic mass is 10.1. The van der Waals surface area contributed by atoms with Crippen LogP contribution < -0.4 is 0 Å². The summed E-state index contributed by atoms with van der Waals surface area (Å²) in [6, 6.07) is 9.96. The summed E-state index contributed by atoms with van der Waals surface area (Å²) in [6.45, 7) is 4.20. The molecule has 0 amide bonds. The molecule has 1 aromatic carbocycles. The molecule has 3 nitrogen and oxygen atoms in total. The molecule has 0 saturated heterocycles. The van der Waals surface area contributed by atoms with E-state index in [0.717, 1.165) is 12.0 Å². The second kappa shape index (κ2) is 6.77. The molecule has 0 bridgehead atoms. The van der Waals surface area contributed by atoms with Gasteiger partial charge in [0.25, 0.3) is 0 Å². The average molecular weight is 219 g/mol. The number of carbonyl (C=O) groups excluding carboxylic acids is 1. The highest BCUT2D eigenvalue weighted by Gasteiger charge is 2.06. The number of hydrogen-bond donors (Lipinski definition) is 0. The first-order valence-electron chi connectivity index (χ1n) is 5.52. The third-order valence-electron chi connectivity index (χ3n) is 2.22. The van der Waals surface area contributed by atoms with Crippen LogP contribution in [0.15, 0.2) is 35.3 Å². The molecule has 0 unspecified atom stereocenters. The zero-order valence-electron chi connectivity index (χ0n) is 9.72. The minimum Gasteiger partial charge on any atom is -0.462 e. The van der Waals surface area contributed by atoms with Crippen molar-refractivity contribution < 1.29 is 9.53 Å². The summed E-state index contributed by atoms with van der Waals surface area (Å²) in [5.41, 5.74) is 1.12. The predicted octanol–water partition coefficient (Wildman–Crippen LogP) is 2.77. The van der Waals surface area contributed by atoms with Gasteiger partial charge in [0, 0.05) is 0 Å². The van der Waals surface area contributed by atoms with Gasteiger partial charge < -0.3 is 4.74 Å². The maximum Gasteiger partial charge on any atom is 0.348 e. The van der Waals surface area contributed by atoms with Crippen molar-refractivity contribution in [2.24, 2.45) is 4.99 Å². The summed E-state index contributed by atoms with van der Waals surface area (Å²) >= 11 is 0. The van der Waals surface area contributed by atoms with Gasteiger partial charge in [-0.1, -0.05) is 37.3 Å². The molecule has 0 heterocycles. The van der Waals surface area contributed by atoms with E-state index >= 15 is 0 Å². The molecule has 0 N–H and O–H groups in total. The van der Waals surface area contributed by atoms with Gasteiger partial charge in [0.05, 0.1) is 12.6 Å². The number of benzene rings is 1. The molecule has 1 rings (SSSR count). The number of hydrogen-bond acceptors (Lipinski definition) is 3. The molecule has 86 valence electrons. The summed E-state index contributed by atoms with van der Waals surface area (Å²) in [5, 5.41) is 0. The van der Waals surface area contributed by atoms with Gasteiger partial charge in [0.2, 0.25) is 0 Å². The van der Waals surface area contributed by atoms with Gasteiger partial charge in [-0.25, -0.2) is 4.79 Å².